The van der Waals surface area contributed by atoms with Crippen molar-refractivity contribution in [3.63, 3.8) is 0 Å². The van der Waals surface area contributed by atoms with E-state index in [1.807, 2.05) is 30.3 Å². The minimum absolute atomic E-state index is 0.00222. The van der Waals surface area contributed by atoms with Crippen LogP contribution in [0.3, 0.4) is 0 Å². The van der Waals surface area contributed by atoms with Crippen LogP contribution in [-0.2, 0) is 16.0 Å². The third-order valence-electron chi connectivity index (χ3n) is 2.50. The van der Waals surface area contributed by atoms with Crippen molar-refractivity contribution in [3.8, 4) is 0 Å². The topological polar surface area (TPSA) is 26.3 Å². The van der Waals surface area contributed by atoms with Crippen LogP contribution in [0.25, 0.3) is 0 Å². The molecule has 0 N–H and O–H groups in total. The molecular formula is C13H18O2. The molecule has 1 aromatic rings. The first-order chi connectivity index (χ1) is 7.27. The van der Waals surface area contributed by atoms with Crippen LogP contribution >= 0.6 is 0 Å². The molecule has 0 aliphatic heterocycles. The summed E-state index contributed by atoms with van der Waals surface area (Å²) in [6, 6.07) is 10.1. The van der Waals surface area contributed by atoms with Gasteiger partial charge in [-0.15, -0.1) is 0 Å². The molecule has 1 aromatic carbocycles. The van der Waals surface area contributed by atoms with Crippen molar-refractivity contribution in [1.29, 1.82) is 0 Å². The first-order valence-electron chi connectivity index (χ1n) is 5.39. The molecule has 2 nitrogen and oxygen atoms in total. The molecule has 15 heavy (non-hydrogen) atoms. The van der Waals surface area contributed by atoms with E-state index in [0.717, 1.165) is 19.3 Å². The summed E-state index contributed by atoms with van der Waals surface area (Å²) < 4.78 is 4.80. The summed E-state index contributed by atoms with van der Waals surface area (Å²) in [5, 5.41) is 0. The average molecular weight is 206 g/mol. The lowest BCUT2D eigenvalue weighted by Gasteiger charge is -2.13. The summed E-state index contributed by atoms with van der Waals surface area (Å²) in [6.07, 6.45) is 2.68. The van der Waals surface area contributed by atoms with E-state index in [2.05, 4.69) is 6.92 Å². The zero-order valence-corrected chi connectivity index (χ0v) is 9.40. The normalized spacial score (nSPS) is 12.1. The van der Waals surface area contributed by atoms with Crippen molar-refractivity contribution in [3.05, 3.63) is 35.9 Å². The zero-order chi connectivity index (χ0) is 11.1. The van der Waals surface area contributed by atoms with E-state index in [1.165, 1.54) is 12.7 Å². The van der Waals surface area contributed by atoms with Crippen molar-refractivity contribution in [1.82, 2.24) is 0 Å². The summed E-state index contributed by atoms with van der Waals surface area (Å²) in [5.74, 6) is -0.0943. The lowest BCUT2D eigenvalue weighted by Crippen LogP contribution is -2.18. The Hall–Kier alpha value is -1.31. The molecule has 0 aliphatic rings. The minimum atomic E-state index is -0.0966. The smallest absolute Gasteiger partial charge is 0.308 e. The minimum Gasteiger partial charge on any atom is -0.469 e. The van der Waals surface area contributed by atoms with Crippen LogP contribution in [0.15, 0.2) is 30.3 Å². The Morgan fingerprint density at radius 2 is 2.00 bits per heavy atom. The third kappa shape index (κ3) is 3.74. The number of ether oxygens (including phenoxy) is 1. The van der Waals surface area contributed by atoms with Gasteiger partial charge >= 0.3 is 5.97 Å². The van der Waals surface area contributed by atoms with Gasteiger partial charge in [0.1, 0.15) is 0 Å². The van der Waals surface area contributed by atoms with E-state index in [0.29, 0.717) is 0 Å². The van der Waals surface area contributed by atoms with Gasteiger partial charge in [-0.05, 0) is 18.4 Å². The van der Waals surface area contributed by atoms with Gasteiger partial charge in [0, 0.05) is 0 Å². The number of carbonyl (C=O) groups excluding carboxylic acids is 1. The second kappa shape index (κ2) is 6.23. The molecule has 0 aliphatic carbocycles. The number of methoxy groups -OCH3 is 1. The highest BCUT2D eigenvalue weighted by atomic mass is 16.5. The fourth-order valence-corrected chi connectivity index (χ4v) is 1.72. The number of hydrogen-bond donors (Lipinski definition) is 0. The lowest BCUT2D eigenvalue weighted by atomic mass is 9.95. The molecule has 0 radical (unpaired) electrons. The number of benzene rings is 1. The first kappa shape index (κ1) is 11.8. The standard InChI is InChI=1S/C13H18O2/c1-3-7-12(13(14)15-2)10-11-8-5-4-6-9-11/h4-6,8-9,12H,3,7,10H2,1-2H3/t12-/m1/s1. The molecule has 1 rings (SSSR count). The van der Waals surface area contributed by atoms with E-state index < -0.39 is 0 Å². The van der Waals surface area contributed by atoms with Gasteiger partial charge in [-0.2, -0.15) is 0 Å². The van der Waals surface area contributed by atoms with Gasteiger partial charge in [0.15, 0.2) is 0 Å². The van der Waals surface area contributed by atoms with E-state index in [-0.39, 0.29) is 11.9 Å². The van der Waals surface area contributed by atoms with E-state index >= 15 is 0 Å². The highest BCUT2D eigenvalue weighted by Gasteiger charge is 2.18. The van der Waals surface area contributed by atoms with E-state index in [1.54, 1.807) is 0 Å². The van der Waals surface area contributed by atoms with Gasteiger partial charge in [-0.25, -0.2) is 0 Å². The molecule has 0 fully saturated rings. The van der Waals surface area contributed by atoms with Crippen LogP contribution in [0.5, 0.6) is 0 Å². The maximum atomic E-state index is 11.5. The van der Waals surface area contributed by atoms with Gasteiger partial charge in [-0.1, -0.05) is 43.7 Å². The van der Waals surface area contributed by atoms with Crippen LogP contribution in [0.2, 0.25) is 0 Å². The Kier molecular flexibility index (Phi) is 4.88. The predicted molar refractivity (Wildman–Crippen MR) is 60.6 cm³/mol. The van der Waals surface area contributed by atoms with Crippen molar-refractivity contribution >= 4 is 5.97 Å². The first-order valence-corrected chi connectivity index (χ1v) is 5.39. The number of carbonyl (C=O) groups is 1. The third-order valence-corrected chi connectivity index (χ3v) is 2.50. The Balaban J connectivity index is 2.62. The predicted octanol–water partition coefficient (Wildman–Crippen LogP) is 2.82. The fourth-order valence-electron chi connectivity index (χ4n) is 1.72. The largest absolute Gasteiger partial charge is 0.469 e. The van der Waals surface area contributed by atoms with Crippen LogP contribution in [0.4, 0.5) is 0 Å². The molecule has 0 saturated heterocycles. The van der Waals surface area contributed by atoms with Gasteiger partial charge < -0.3 is 4.74 Å². The van der Waals surface area contributed by atoms with Crippen molar-refractivity contribution in [2.75, 3.05) is 7.11 Å². The fraction of sp³-hybridized carbons (Fsp3) is 0.462. The van der Waals surface area contributed by atoms with Gasteiger partial charge in [-0.3, -0.25) is 4.79 Å². The van der Waals surface area contributed by atoms with Gasteiger partial charge in [0.25, 0.3) is 0 Å². The summed E-state index contributed by atoms with van der Waals surface area (Å²) >= 11 is 0. The summed E-state index contributed by atoms with van der Waals surface area (Å²) in [7, 11) is 1.45. The number of rotatable bonds is 5. The van der Waals surface area contributed by atoms with Crippen LogP contribution in [-0.4, -0.2) is 13.1 Å². The Morgan fingerprint density at radius 3 is 2.53 bits per heavy atom. The molecule has 2 heteroatoms. The second-order valence-electron chi connectivity index (χ2n) is 3.70. The molecule has 82 valence electrons. The molecule has 1 atom stereocenters. The molecule has 0 saturated carbocycles. The van der Waals surface area contributed by atoms with Crippen LogP contribution < -0.4 is 0 Å². The quantitative estimate of drug-likeness (QED) is 0.692. The monoisotopic (exact) mass is 206 g/mol. The van der Waals surface area contributed by atoms with Crippen molar-refractivity contribution in [2.45, 2.75) is 26.2 Å². The van der Waals surface area contributed by atoms with E-state index in [9.17, 15) is 4.79 Å². The SMILES string of the molecule is CCC[C@H](Cc1ccccc1)C(=O)OC. The molecule has 0 spiro atoms. The molecule has 0 unspecified atom stereocenters. The Labute approximate surface area is 91.3 Å². The highest BCUT2D eigenvalue weighted by Crippen LogP contribution is 2.15. The zero-order valence-electron chi connectivity index (χ0n) is 9.40. The number of esters is 1. The molecule has 0 bridgehead atoms. The highest BCUT2D eigenvalue weighted by molar-refractivity contribution is 5.72. The van der Waals surface area contributed by atoms with Gasteiger partial charge in [0.2, 0.25) is 0 Å². The van der Waals surface area contributed by atoms with Crippen LogP contribution in [0.1, 0.15) is 25.3 Å². The summed E-state index contributed by atoms with van der Waals surface area (Å²) in [5.41, 5.74) is 1.20. The molecule has 0 heterocycles. The van der Waals surface area contributed by atoms with Crippen molar-refractivity contribution < 1.29 is 9.53 Å². The maximum Gasteiger partial charge on any atom is 0.308 e. The van der Waals surface area contributed by atoms with E-state index in [4.69, 9.17) is 4.74 Å². The molecular weight excluding hydrogens is 188 g/mol. The summed E-state index contributed by atoms with van der Waals surface area (Å²) in [6.45, 7) is 2.08. The van der Waals surface area contributed by atoms with Crippen molar-refractivity contribution in [2.24, 2.45) is 5.92 Å². The molecule has 0 aromatic heterocycles. The van der Waals surface area contributed by atoms with Crippen LogP contribution in [0, 0.1) is 5.92 Å². The maximum absolute atomic E-state index is 11.5. The lowest BCUT2D eigenvalue weighted by molar-refractivity contribution is -0.145. The second-order valence-corrected chi connectivity index (χ2v) is 3.70. The summed E-state index contributed by atoms with van der Waals surface area (Å²) in [4.78, 5) is 11.5. The Bertz CT molecular complexity index is 293. The average Bonchev–Trinajstić information content (AvgIpc) is 2.29. The number of hydrogen-bond acceptors (Lipinski definition) is 2. The molecule has 0 amide bonds. The Morgan fingerprint density at radius 1 is 1.33 bits per heavy atom. The van der Waals surface area contributed by atoms with Gasteiger partial charge in [0.05, 0.1) is 13.0 Å².